The SMILES string of the molecule is CCN(CC)C(=O)/C=C/c1c(F)cccc1Cl. The minimum absolute atomic E-state index is 0.144. The van der Waals surface area contributed by atoms with Crippen LogP contribution in [0.5, 0.6) is 0 Å². The summed E-state index contributed by atoms with van der Waals surface area (Å²) in [4.78, 5) is 13.3. The van der Waals surface area contributed by atoms with E-state index in [0.29, 0.717) is 18.1 Å². The van der Waals surface area contributed by atoms with Crippen LogP contribution in [0.3, 0.4) is 0 Å². The van der Waals surface area contributed by atoms with E-state index in [2.05, 4.69) is 0 Å². The average molecular weight is 256 g/mol. The molecule has 0 radical (unpaired) electrons. The van der Waals surface area contributed by atoms with E-state index < -0.39 is 5.82 Å². The smallest absolute Gasteiger partial charge is 0.246 e. The Hall–Kier alpha value is -1.35. The van der Waals surface area contributed by atoms with Crippen molar-refractivity contribution in [3.63, 3.8) is 0 Å². The lowest BCUT2D eigenvalue weighted by atomic mass is 10.2. The van der Waals surface area contributed by atoms with Gasteiger partial charge in [-0.25, -0.2) is 4.39 Å². The molecule has 1 amide bonds. The number of rotatable bonds is 4. The number of benzene rings is 1. The normalized spacial score (nSPS) is 10.8. The Kier molecular flexibility index (Phi) is 5.16. The standard InChI is InChI=1S/C13H15ClFNO/c1-3-16(4-2)13(17)9-8-10-11(14)6-5-7-12(10)15/h5-9H,3-4H2,1-2H3/b9-8+. The number of nitrogens with zero attached hydrogens (tertiary/aromatic N) is 1. The molecular formula is C13H15ClFNO. The highest BCUT2D eigenvalue weighted by molar-refractivity contribution is 6.32. The molecule has 0 bridgehead atoms. The summed E-state index contributed by atoms with van der Waals surface area (Å²) >= 11 is 5.84. The van der Waals surface area contributed by atoms with Crippen LogP contribution in [0.15, 0.2) is 24.3 Å². The van der Waals surface area contributed by atoms with Crippen LogP contribution in [0.2, 0.25) is 5.02 Å². The van der Waals surface area contributed by atoms with Gasteiger partial charge in [-0.1, -0.05) is 17.7 Å². The third-order valence-electron chi connectivity index (χ3n) is 2.47. The highest BCUT2D eigenvalue weighted by Crippen LogP contribution is 2.20. The number of amides is 1. The van der Waals surface area contributed by atoms with E-state index in [0.717, 1.165) is 0 Å². The zero-order chi connectivity index (χ0) is 12.8. The van der Waals surface area contributed by atoms with Crippen LogP contribution in [-0.4, -0.2) is 23.9 Å². The molecule has 0 spiro atoms. The zero-order valence-corrected chi connectivity index (χ0v) is 10.7. The highest BCUT2D eigenvalue weighted by Gasteiger charge is 2.07. The van der Waals surface area contributed by atoms with Gasteiger partial charge in [0.15, 0.2) is 0 Å². The third kappa shape index (κ3) is 3.56. The Morgan fingerprint density at radius 3 is 2.59 bits per heavy atom. The highest BCUT2D eigenvalue weighted by atomic mass is 35.5. The first-order valence-corrected chi connectivity index (χ1v) is 5.89. The van der Waals surface area contributed by atoms with Crippen LogP contribution in [0.25, 0.3) is 6.08 Å². The van der Waals surface area contributed by atoms with Crippen LogP contribution in [-0.2, 0) is 4.79 Å². The predicted molar refractivity (Wildman–Crippen MR) is 68.4 cm³/mol. The Labute approximate surface area is 106 Å². The van der Waals surface area contributed by atoms with Gasteiger partial charge < -0.3 is 4.90 Å². The Morgan fingerprint density at radius 1 is 1.41 bits per heavy atom. The molecule has 0 fully saturated rings. The van der Waals surface area contributed by atoms with Gasteiger partial charge in [0.1, 0.15) is 5.82 Å². The van der Waals surface area contributed by atoms with E-state index in [1.807, 2.05) is 13.8 Å². The second-order valence-electron chi connectivity index (χ2n) is 3.48. The summed E-state index contributed by atoms with van der Waals surface area (Å²) in [6, 6.07) is 4.43. The molecule has 4 heteroatoms. The first-order valence-electron chi connectivity index (χ1n) is 5.51. The molecule has 0 aromatic heterocycles. The maximum Gasteiger partial charge on any atom is 0.246 e. The molecule has 17 heavy (non-hydrogen) atoms. The van der Waals surface area contributed by atoms with E-state index in [-0.39, 0.29) is 11.5 Å². The lowest BCUT2D eigenvalue weighted by Gasteiger charge is -2.15. The molecule has 1 aromatic carbocycles. The minimum atomic E-state index is -0.430. The fourth-order valence-corrected chi connectivity index (χ4v) is 1.69. The number of hydrogen-bond donors (Lipinski definition) is 0. The Bertz CT molecular complexity index is 407. The topological polar surface area (TPSA) is 20.3 Å². The van der Waals surface area contributed by atoms with E-state index >= 15 is 0 Å². The van der Waals surface area contributed by atoms with Crippen LogP contribution >= 0.6 is 11.6 Å². The molecule has 1 rings (SSSR count). The molecule has 0 N–H and O–H groups in total. The van der Waals surface area contributed by atoms with Crippen molar-refractivity contribution in [1.29, 1.82) is 0 Å². The van der Waals surface area contributed by atoms with Crippen LogP contribution in [0.4, 0.5) is 4.39 Å². The van der Waals surface area contributed by atoms with Crippen molar-refractivity contribution >= 4 is 23.6 Å². The van der Waals surface area contributed by atoms with Crippen LogP contribution in [0.1, 0.15) is 19.4 Å². The maximum absolute atomic E-state index is 13.4. The summed E-state index contributed by atoms with van der Waals surface area (Å²) in [5.41, 5.74) is 0.245. The van der Waals surface area contributed by atoms with Crippen LogP contribution in [0, 0.1) is 5.82 Å². The van der Waals surface area contributed by atoms with Gasteiger partial charge in [0.05, 0.1) is 5.02 Å². The second kappa shape index (κ2) is 6.40. The molecule has 92 valence electrons. The molecule has 0 aliphatic carbocycles. The summed E-state index contributed by atoms with van der Waals surface area (Å²) in [6.45, 7) is 5.05. The van der Waals surface area contributed by atoms with Crippen molar-refractivity contribution in [2.24, 2.45) is 0 Å². The van der Waals surface area contributed by atoms with Crippen molar-refractivity contribution in [2.45, 2.75) is 13.8 Å². The molecule has 2 nitrogen and oxygen atoms in total. The van der Waals surface area contributed by atoms with Gasteiger partial charge >= 0.3 is 0 Å². The van der Waals surface area contributed by atoms with Crippen molar-refractivity contribution in [3.05, 3.63) is 40.7 Å². The van der Waals surface area contributed by atoms with E-state index in [1.165, 1.54) is 24.3 Å². The van der Waals surface area contributed by atoms with Gasteiger partial charge in [0, 0.05) is 24.7 Å². The molecule has 0 aliphatic rings. The number of likely N-dealkylation sites (N-methyl/N-ethyl adjacent to an activating group) is 1. The number of carbonyl (C=O) groups is 1. The molecule has 0 saturated carbocycles. The maximum atomic E-state index is 13.4. The summed E-state index contributed by atoms with van der Waals surface area (Å²) in [7, 11) is 0. The first kappa shape index (κ1) is 13.7. The molecule has 0 aliphatic heterocycles. The summed E-state index contributed by atoms with van der Waals surface area (Å²) in [5.74, 6) is -0.574. The fourth-order valence-electron chi connectivity index (χ4n) is 1.47. The van der Waals surface area contributed by atoms with E-state index in [4.69, 9.17) is 11.6 Å². The quantitative estimate of drug-likeness (QED) is 0.756. The zero-order valence-electron chi connectivity index (χ0n) is 9.91. The fraction of sp³-hybridized carbons (Fsp3) is 0.308. The second-order valence-corrected chi connectivity index (χ2v) is 3.89. The molecule has 0 saturated heterocycles. The van der Waals surface area contributed by atoms with E-state index in [1.54, 1.807) is 11.0 Å². The summed E-state index contributed by atoms with van der Waals surface area (Å²) in [5, 5.41) is 0.300. The molecule has 0 unspecified atom stereocenters. The predicted octanol–water partition coefficient (Wildman–Crippen LogP) is 3.36. The monoisotopic (exact) mass is 255 g/mol. The van der Waals surface area contributed by atoms with Gasteiger partial charge in [-0.2, -0.15) is 0 Å². The third-order valence-corrected chi connectivity index (χ3v) is 2.80. The molecular weight excluding hydrogens is 241 g/mol. The number of halogens is 2. The summed E-state index contributed by atoms with van der Waals surface area (Å²) in [6.07, 6.45) is 2.76. The number of carbonyl (C=O) groups excluding carboxylic acids is 1. The summed E-state index contributed by atoms with van der Waals surface area (Å²) < 4.78 is 13.4. The average Bonchev–Trinajstić information content (AvgIpc) is 2.30. The van der Waals surface area contributed by atoms with Crippen molar-refractivity contribution in [2.75, 3.05) is 13.1 Å². The molecule has 1 aromatic rings. The van der Waals surface area contributed by atoms with Crippen molar-refractivity contribution in [3.8, 4) is 0 Å². The Morgan fingerprint density at radius 2 is 2.06 bits per heavy atom. The number of hydrogen-bond acceptors (Lipinski definition) is 1. The first-order chi connectivity index (χ1) is 8.10. The van der Waals surface area contributed by atoms with Gasteiger partial charge in [-0.05, 0) is 32.1 Å². The molecule has 0 heterocycles. The van der Waals surface area contributed by atoms with Gasteiger partial charge in [0.2, 0.25) is 5.91 Å². The van der Waals surface area contributed by atoms with Crippen LogP contribution < -0.4 is 0 Å². The minimum Gasteiger partial charge on any atom is -0.340 e. The van der Waals surface area contributed by atoms with E-state index in [9.17, 15) is 9.18 Å². The van der Waals surface area contributed by atoms with Crippen molar-refractivity contribution in [1.82, 2.24) is 4.90 Å². The molecule has 0 atom stereocenters. The largest absolute Gasteiger partial charge is 0.340 e. The van der Waals surface area contributed by atoms with Gasteiger partial charge in [0.25, 0.3) is 0 Å². The lowest BCUT2D eigenvalue weighted by molar-refractivity contribution is -0.125. The Balaban J connectivity index is 2.87. The van der Waals surface area contributed by atoms with Crippen molar-refractivity contribution < 1.29 is 9.18 Å². The van der Waals surface area contributed by atoms with Gasteiger partial charge in [-0.3, -0.25) is 4.79 Å². The van der Waals surface area contributed by atoms with Gasteiger partial charge in [-0.15, -0.1) is 0 Å². The lowest BCUT2D eigenvalue weighted by Crippen LogP contribution is -2.28.